The Kier molecular flexibility index (Phi) is 3.13. The molecule has 1 aliphatic rings. The molecule has 1 atom stereocenters. The van der Waals surface area contributed by atoms with Gasteiger partial charge in [0.15, 0.2) is 0 Å². The lowest BCUT2D eigenvalue weighted by Gasteiger charge is -2.16. The van der Waals surface area contributed by atoms with Crippen LogP contribution in [0.5, 0.6) is 0 Å². The van der Waals surface area contributed by atoms with E-state index in [0.717, 1.165) is 16.7 Å². The first-order valence-electron chi connectivity index (χ1n) is 6.60. The molecule has 1 unspecified atom stereocenters. The summed E-state index contributed by atoms with van der Waals surface area (Å²) in [5.41, 5.74) is 6.73. The molecule has 1 heterocycles. The monoisotopic (exact) mass is 254 g/mol. The standard InChI is InChI=1S/C17H18O2/c1-11-4-3-5-16(12(11)2)17(18)13-6-7-14-9-19-10-15(14)8-13/h3-8,17-18H,9-10H2,1-2H3. The Morgan fingerprint density at radius 1 is 1.05 bits per heavy atom. The number of rotatable bonds is 2. The summed E-state index contributed by atoms with van der Waals surface area (Å²) in [5, 5.41) is 10.6. The molecule has 2 nitrogen and oxygen atoms in total. The molecule has 0 amide bonds. The predicted molar refractivity (Wildman–Crippen MR) is 74.9 cm³/mol. The lowest BCUT2D eigenvalue weighted by atomic mass is 9.93. The van der Waals surface area contributed by atoms with Gasteiger partial charge in [-0.3, -0.25) is 0 Å². The average Bonchev–Trinajstić information content (AvgIpc) is 2.88. The van der Waals surface area contributed by atoms with E-state index in [1.807, 2.05) is 18.2 Å². The maximum Gasteiger partial charge on any atom is 0.104 e. The van der Waals surface area contributed by atoms with E-state index in [1.165, 1.54) is 16.7 Å². The van der Waals surface area contributed by atoms with Crippen molar-refractivity contribution >= 4 is 0 Å². The van der Waals surface area contributed by atoms with E-state index < -0.39 is 6.10 Å². The Bertz CT molecular complexity index is 617. The van der Waals surface area contributed by atoms with Crippen molar-refractivity contribution in [3.05, 3.63) is 69.8 Å². The van der Waals surface area contributed by atoms with Crippen LogP contribution in [0.2, 0.25) is 0 Å². The van der Waals surface area contributed by atoms with Crippen LogP contribution in [0.4, 0.5) is 0 Å². The Labute approximate surface area is 113 Å². The van der Waals surface area contributed by atoms with Crippen molar-refractivity contribution < 1.29 is 9.84 Å². The van der Waals surface area contributed by atoms with Gasteiger partial charge in [-0.15, -0.1) is 0 Å². The van der Waals surface area contributed by atoms with Crippen LogP contribution in [0.25, 0.3) is 0 Å². The minimum atomic E-state index is -0.564. The highest BCUT2D eigenvalue weighted by atomic mass is 16.5. The molecule has 0 saturated carbocycles. The number of benzene rings is 2. The smallest absolute Gasteiger partial charge is 0.104 e. The first kappa shape index (κ1) is 12.4. The van der Waals surface area contributed by atoms with Gasteiger partial charge >= 0.3 is 0 Å². The number of aliphatic hydroxyl groups is 1. The zero-order valence-corrected chi connectivity index (χ0v) is 11.3. The normalized spacial score (nSPS) is 15.3. The molecule has 2 aromatic carbocycles. The molecular weight excluding hydrogens is 236 g/mol. The Hall–Kier alpha value is -1.64. The Morgan fingerprint density at radius 2 is 1.84 bits per heavy atom. The second-order valence-corrected chi connectivity index (χ2v) is 5.21. The van der Waals surface area contributed by atoms with E-state index in [2.05, 4.69) is 32.0 Å². The third-order valence-electron chi connectivity index (χ3n) is 4.00. The number of aryl methyl sites for hydroxylation is 1. The van der Waals surface area contributed by atoms with Gasteiger partial charge in [-0.25, -0.2) is 0 Å². The van der Waals surface area contributed by atoms with Gasteiger partial charge < -0.3 is 9.84 Å². The number of ether oxygens (including phenoxy) is 1. The molecular formula is C17H18O2. The predicted octanol–water partition coefficient (Wildman–Crippen LogP) is 3.42. The summed E-state index contributed by atoms with van der Waals surface area (Å²) >= 11 is 0. The number of aliphatic hydroxyl groups excluding tert-OH is 1. The topological polar surface area (TPSA) is 29.5 Å². The van der Waals surface area contributed by atoms with Crippen LogP contribution in [0.1, 0.15) is 39.5 Å². The fourth-order valence-electron chi connectivity index (χ4n) is 2.61. The molecule has 19 heavy (non-hydrogen) atoms. The molecule has 1 N–H and O–H groups in total. The summed E-state index contributed by atoms with van der Waals surface area (Å²) < 4.78 is 5.42. The van der Waals surface area contributed by atoms with Crippen LogP contribution in [0.15, 0.2) is 36.4 Å². The van der Waals surface area contributed by atoms with Gasteiger partial charge in [-0.05, 0) is 47.2 Å². The minimum absolute atomic E-state index is 0.564. The fraction of sp³-hybridized carbons (Fsp3) is 0.294. The molecule has 0 aromatic heterocycles. The number of hydrogen-bond donors (Lipinski definition) is 1. The zero-order valence-electron chi connectivity index (χ0n) is 11.3. The van der Waals surface area contributed by atoms with Crippen molar-refractivity contribution in [2.24, 2.45) is 0 Å². The second-order valence-electron chi connectivity index (χ2n) is 5.21. The highest BCUT2D eigenvalue weighted by Gasteiger charge is 2.17. The molecule has 2 aromatic rings. The van der Waals surface area contributed by atoms with Crippen LogP contribution in [0, 0.1) is 13.8 Å². The third kappa shape index (κ3) is 2.18. The van der Waals surface area contributed by atoms with Crippen molar-refractivity contribution in [2.75, 3.05) is 0 Å². The summed E-state index contributed by atoms with van der Waals surface area (Å²) in [6.45, 7) is 5.48. The van der Waals surface area contributed by atoms with Crippen LogP contribution >= 0.6 is 0 Å². The number of fused-ring (bicyclic) bond motifs is 1. The molecule has 2 heteroatoms. The molecule has 0 bridgehead atoms. The third-order valence-corrected chi connectivity index (χ3v) is 4.00. The highest BCUT2D eigenvalue weighted by Crippen LogP contribution is 2.29. The minimum Gasteiger partial charge on any atom is -0.384 e. The van der Waals surface area contributed by atoms with Crippen molar-refractivity contribution in [1.29, 1.82) is 0 Å². The van der Waals surface area contributed by atoms with Crippen LogP contribution in [-0.2, 0) is 18.0 Å². The summed E-state index contributed by atoms with van der Waals surface area (Å²) in [6, 6.07) is 12.2. The van der Waals surface area contributed by atoms with Gasteiger partial charge in [0.1, 0.15) is 6.10 Å². The van der Waals surface area contributed by atoms with Gasteiger partial charge in [0.05, 0.1) is 13.2 Å². The van der Waals surface area contributed by atoms with Crippen LogP contribution in [-0.4, -0.2) is 5.11 Å². The molecule has 98 valence electrons. The number of hydrogen-bond acceptors (Lipinski definition) is 2. The summed E-state index contributed by atoms with van der Waals surface area (Å²) in [6.07, 6.45) is -0.564. The van der Waals surface area contributed by atoms with E-state index in [1.54, 1.807) is 0 Å². The van der Waals surface area contributed by atoms with Gasteiger partial charge in [0.2, 0.25) is 0 Å². The maximum absolute atomic E-state index is 10.6. The molecule has 0 saturated heterocycles. The Morgan fingerprint density at radius 3 is 2.68 bits per heavy atom. The lowest BCUT2D eigenvalue weighted by molar-refractivity contribution is 0.134. The van der Waals surface area contributed by atoms with Gasteiger partial charge in [0, 0.05) is 0 Å². The lowest BCUT2D eigenvalue weighted by Crippen LogP contribution is -2.03. The summed E-state index contributed by atoms with van der Waals surface area (Å²) in [4.78, 5) is 0. The average molecular weight is 254 g/mol. The summed E-state index contributed by atoms with van der Waals surface area (Å²) in [7, 11) is 0. The first-order valence-corrected chi connectivity index (χ1v) is 6.60. The molecule has 0 aliphatic carbocycles. The molecule has 0 radical (unpaired) electrons. The molecule has 3 rings (SSSR count). The SMILES string of the molecule is Cc1cccc(C(O)c2ccc3c(c2)COC3)c1C. The highest BCUT2D eigenvalue weighted by molar-refractivity contribution is 5.42. The van der Waals surface area contributed by atoms with Crippen LogP contribution < -0.4 is 0 Å². The van der Waals surface area contributed by atoms with Crippen molar-refractivity contribution in [2.45, 2.75) is 33.2 Å². The van der Waals surface area contributed by atoms with Crippen LogP contribution in [0.3, 0.4) is 0 Å². The quantitative estimate of drug-likeness (QED) is 0.890. The van der Waals surface area contributed by atoms with Gasteiger partial charge in [-0.1, -0.05) is 36.4 Å². The van der Waals surface area contributed by atoms with E-state index in [0.29, 0.717) is 13.2 Å². The van der Waals surface area contributed by atoms with Crippen molar-refractivity contribution in [3.8, 4) is 0 Å². The van der Waals surface area contributed by atoms with Crippen molar-refractivity contribution in [3.63, 3.8) is 0 Å². The molecule has 0 fully saturated rings. The zero-order chi connectivity index (χ0) is 13.4. The van der Waals surface area contributed by atoms with Crippen molar-refractivity contribution in [1.82, 2.24) is 0 Å². The first-order chi connectivity index (χ1) is 9.16. The van der Waals surface area contributed by atoms with E-state index in [-0.39, 0.29) is 0 Å². The maximum atomic E-state index is 10.6. The molecule has 1 aliphatic heterocycles. The second kappa shape index (κ2) is 4.80. The largest absolute Gasteiger partial charge is 0.384 e. The Balaban J connectivity index is 2.00. The van der Waals surface area contributed by atoms with Gasteiger partial charge in [0.25, 0.3) is 0 Å². The van der Waals surface area contributed by atoms with Gasteiger partial charge in [-0.2, -0.15) is 0 Å². The summed E-state index contributed by atoms with van der Waals surface area (Å²) in [5.74, 6) is 0. The van der Waals surface area contributed by atoms with E-state index in [4.69, 9.17) is 4.74 Å². The molecule has 0 spiro atoms. The van der Waals surface area contributed by atoms with E-state index >= 15 is 0 Å². The van der Waals surface area contributed by atoms with E-state index in [9.17, 15) is 5.11 Å². The fourth-order valence-corrected chi connectivity index (χ4v) is 2.61.